The predicted octanol–water partition coefficient (Wildman–Crippen LogP) is 4.05. The fourth-order valence-electron chi connectivity index (χ4n) is 1.99. The number of carbonyl (C=O) groups excluding carboxylic acids is 1. The average Bonchev–Trinajstić information content (AvgIpc) is 2.80. The SMILES string of the molecule is CCOc1ccc(-c2nc(C)c(C(=O)NC(C)(C)C)s2)cc1. The van der Waals surface area contributed by atoms with Crippen molar-refractivity contribution in [3.63, 3.8) is 0 Å². The molecule has 0 atom stereocenters. The van der Waals surface area contributed by atoms with E-state index >= 15 is 0 Å². The van der Waals surface area contributed by atoms with E-state index in [9.17, 15) is 4.79 Å². The largest absolute Gasteiger partial charge is 0.494 e. The van der Waals surface area contributed by atoms with Crippen molar-refractivity contribution < 1.29 is 9.53 Å². The van der Waals surface area contributed by atoms with Gasteiger partial charge in [0.2, 0.25) is 0 Å². The second-order valence-corrected chi connectivity index (χ2v) is 7.09. The van der Waals surface area contributed by atoms with Gasteiger partial charge in [-0.2, -0.15) is 0 Å². The van der Waals surface area contributed by atoms with E-state index in [1.807, 2.05) is 58.9 Å². The van der Waals surface area contributed by atoms with Gasteiger partial charge in [0.1, 0.15) is 15.6 Å². The number of amides is 1. The average molecular weight is 318 g/mol. The van der Waals surface area contributed by atoms with Gasteiger partial charge in [-0.25, -0.2) is 4.98 Å². The number of hydrogen-bond acceptors (Lipinski definition) is 4. The first-order valence-electron chi connectivity index (χ1n) is 7.33. The molecule has 2 aromatic rings. The summed E-state index contributed by atoms with van der Waals surface area (Å²) in [7, 11) is 0. The van der Waals surface area contributed by atoms with E-state index in [-0.39, 0.29) is 11.4 Å². The van der Waals surface area contributed by atoms with Crippen molar-refractivity contribution >= 4 is 17.2 Å². The van der Waals surface area contributed by atoms with E-state index in [2.05, 4.69) is 10.3 Å². The van der Waals surface area contributed by atoms with Crippen LogP contribution >= 0.6 is 11.3 Å². The Morgan fingerprint density at radius 1 is 1.27 bits per heavy atom. The lowest BCUT2D eigenvalue weighted by Gasteiger charge is -2.19. The number of hydrogen-bond donors (Lipinski definition) is 1. The molecule has 1 heterocycles. The number of carbonyl (C=O) groups is 1. The maximum absolute atomic E-state index is 12.3. The topological polar surface area (TPSA) is 51.2 Å². The summed E-state index contributed by atoms with van der Waals surface area (Å²) in [5, 5.41) is 3.83. The van der Waals surface area contributed by atoms with Gasteiger partial charge in [0.25, 0.3) is 5.91 Å². The molecule has 1 N–H and O–H groups in total. The number of aromatic nitrogens is 1. The summed E-state index contributed by atoms with van der Waals surface area (Å²) in [4.78, 5) is 17.5. The summed E-state index contributed by atoms with van der Waals surface area (Å²) < 4.78 is 5.44. The standard InChI is InChI=1S/C17H22N2O2S/c1-6-21-13-9-7-12(8-10-13)16-18-11(2)14(22-16)15(20)19-17(3,4)5/h7-10H,6H2,1-5H3,(H,19,20). The van der Waals surface area contributed by atoms with Crippen LogP contribution in [0.3, 0.4) is 0 Å². The molecule has 0 unspecified atom stereocenters. The molecule has 0 saturated heterocycles. The molecule has 2 rings (SSSR count). The van der Waals surface area contributed by atoms with Crippen molar-refractivity contribution in [1.82, 2.24) is 10.3 Å². The molecule has 0 fully saturated rings. The third-order valence-electron chi connectivity index (χ3n) is 2.90. The van der Waals surface area contributed by atoms with Crippen LogP contribution in [0.15, 0.2) is 24.3 Å². The summed E-state index contributed by atoms with van der Waals surface area (Å²) in [6.07, 6.45) is 0. The van der Waals surface area contributed by atoms with Crippen LogP contribution in [-0.2, 0) is 0 Å². The van der Waals surface area contributed by atoms with Crippen molar-refractivity contribution in [3.8, 4) is 16.3 Å². The van der Waals surface area contributed by atoms with E-state index in [4.69, 9.17) is 4.74 Å². The third-order valence-corrected chi connectivity index (χ3v) is 4.11. The molecule has 5 heteroatoms. The minimum atomic E-state index is -0.257. The monoisotopic (exact) mass is 318 g/mol. The van der Waals surface area contributed by atoms with Gasteiger partial charge in [0, 0.05) is 11.1 Å². The summed E-state index contributed by atoms with van der Waals surface area (Å²) in [5.74, 6) is 0.768. The van der Waals surface area contributed by atoms with Crippen LogP contribution in [0.5, 0.6) is 5.75 Å². The summed E-state index contributed by atoms with van der Waals surface area (Å²) >= 11 is 1.42. The highest BCUT2D eigenvalue weighted by atomic mass is 32.1. The lowest BCUT2D eigenvalue weighted by atomic mass is 10.1. The van der Waals surface area contributed by atoms with Crippen LogP contribution in [0.2, 0.25) is 0 Å². The predicted molar refractivity (Wildman–Crippen MR) is 90.7 cm³/mol. The highest BCUT2D eigenvalue weighted by Gasteiger charge is 2.20. The van der Waals surface area contributed by atoms with Gasteiger partial charge in [-0.1, -0.05) is 0 Å². The number of nitrogens with zero attached hydrogens (tertiary/aromatic N) is 1. The first-order chi connectivity index (χ1) is 10.3. The Morgan fingerprint density at radius 2 is 1.91 bits per heavy atom. The number of ether oxygens (including phenoxy) is 1. The minimum absolute atomic E-state index is 0.0697. The smallest absolute Gasteiger partial charge is 0.263 e. The highest BCUT2D eigenvalue weighted by Crippen LogP contribution is 2.29. The maximum atomic E-state index is 12.3. The molecule has 118 valence electrons. The number of benzene rings is 1. The van der Waals surface area contributed by atoms with Crippen LogP contribution in [0.25, 0.3) is 10.6 Å². The van der Waals surface area contributed by atoms with Crippen molar-refractivity contribution in [3.05, 3.63) is 34.8 Å². The van der Waals surface area contributed by atoms with Crippen molar-refractivity contribution in [2.45, 2.75) is 40.2 Å². The van der Waals surface area contributed by atoms with Gasteiger partial charge < -0.3 is 10.1 Å². The second kappa shape index (κ2) is 6.48. The molecule has 0 saturated carbocycles. The Labute approximate surface area is 135 Å². The van der Waals surface area contributed by atoms with Crippen LogP contribution in [0.4, 0.5) is 0 Å². The Hall–Kier alpha value is -1.88. The van der Waals surface area contributed by atoms with E-state index < -0.39 is 0 Å². The fourth-order valence-corrected chi connectivity index (χ4v) is 2.96. The van der Waals surface area contributed by atoms with Crippen LogP contribution in [-0.4, -0.2) is 23.0 Å². The lowest BCUT2D eigenvalue weighted by molar-refractivity contribution is 0.0923. The first-order valence-corrected chi connectivity index (χ1v) is 8.15. The van der Waals surface area contributed by atoms with E-state index in [0.29, 0.717) is 11.5 Å². The molecule has 1 aromatic heterocycles. The van der Waals surface area contributed by atoms with Crippen molar-refractivity contribution in [1.29, 1.82) is 0 Å². The van der Waals surface area contributed by atoms with Crippen molar-refractivity contribution in [2.75, 3.05) is 6.61 Å². The number of nitrogens with one attached hydrogen (secondary N) is 1. The molecule has 0 aliphatic heterocycles. The molecule has 0 aliphatic carbocycles. The molecule has 4 nitrogen and oxygen atoms in total. The van der Waals surface area contributed by atoms with Crippen LogP contribution in [0.1, 0.15) is 43.1 Å². The van der Waals surface area contributed by atoms with E-state index in [1.165, 1.54) is 11.3 Å². The third kappa shape index (κ3) is 4.07. The van der Waals surface area contributed by atoms with Gasteiger partial charge >= 0.3 is 0 Å². The number of thiazole rings is 1. The Morgan fingerprint density at radius 3 is 2.45 bits per heavy atom. The second-order valence-electron chi connectivity index (χ2n) is 6.10. The van der Waals surface area contributed by atoms with Gasteiger partial charge in [-0.3, -0.25) is 4.79 Å². The first kappa shape index (κ1) is 16.5. The molecule has 22 heavy (non-hydrogen) atoms. The van der Waals surface area contributed by atoms with Crippen LogP contribution < -0.4 is 10.1 Å². The molecule has 0 aliphatic rings. The zero-order chi connectivity index (χ0) is 16.3. The van der Waals surface area contributed by atoms with Crippen molar-refractivity contribution in [2.24, 2.45) is 0 Å². The number of rotatable bonds is 4. The zero-order valence-electron chi connectivity index (χ0n) is 13.7. The molecule has 0 radical (unpaired) electrons. The van der Waals surface area contributed by atoms with Gasteiger partial charge in [-0.05, 0) is 58.9 Å². The Kier molecular flexibility index (Phi) is 4.86. The fraction of sp³-hybridized carbons (Fsp3) is 0.412. The minimum Gasteiger partial charge on any atom is -0.494 e. The van der Waals surface area contributed by atoms with Gasteiger partial charge in [0.05, 0.1) is 12.3 Å². The van der Waals surface area contributed by atoms with Gasteiger partial charge in [0.15, 0.2) is 0 Å². The normalized spacial score (nSPS) is 11.3. The summed E-state index contributed by atoms with van der Waals surface area (Å²) in [6, 6.07) is 7.78. The highest BCUT2D eigenvalue weighted by molar-refractivity contribution is 7.17. The molecule has 1 amide bonds. The molecular weight excluding hydrogens is 296 g/mol. The molecule has 1 aromatic carbocycles. The summed E-state index contributed by atoms with van der Waals surface area (Å²) in [5.41, 5.74) is 1.49. The molecule has 0 spiro atoms. The molecular formula is C17H22N2O2S. The van der Waals surface area contributed by atoms with Crippen LogP contribution in [0, 0.1) is 6.92 Å². The number of aryl methyl sites for hydroxylation is 1. The Bertz CT molecular complexity index is 654. The lowest BCUT2D eigenvalue weighted by Crippen LogP contribution is -2.40. The van der Waals surface area contributed by atoms with E-state index in [0.717, 1.165) is 22.0 Å². The maximum Gasteiger partial charge on any atom is 0.263 e. The zero-order valence-corrected chi connectivity index (χ0v) is 14.5. The quantitative estimate of drug-likeness (QED) is 0.925. The Balaban J connectivity index is 2.23. The van der Waals surface area contributed by atoms with Gasteiger partial charge in [-0.15, -0.1) is 11.3 Å². The van der Waals surface area contributed by atoms with E-state index in [1.54, 1.807) is 0 Å². The molecule has 0 bridgehead atoms. The summed E-state index contributed by atoms with van der Waals surface area (Å²) in [6.45, 7) is 10.4.